The Hall–Kier alpha value is -3.14. The monoisotopic (exact) mass is 638 g/mol. The molecular formula is C34H38O12. The third-order valence-corrected chi connectivity index (χ3v) is 9.77. The topological polar surface area (TPSA) is 199 Å². The van der Waals surface area contributed by atoms with Crippen molar-refractivity contribution in [1.82, 2.24) is 0 Å². The molecule has 2 fully saturated rings. The van der Waals surface area contributed by atoms with Crippen molar-refractivity contribution >= 4 is 0 Å². The molecule has 4 aliphatic rings. The van der Waals surface area contributed by atoms with Crippen LogP contribution < -0.4 is 9.47 Å². The minimum atomic E-state index is -1.58. The molecule has 0 aromatic heterocycles. The van der Waals surface area contributed by atoms with Crippen molar-refractivity contribution < 1.29 is 59.8 Å². The van der Waals surface area contributed by atoms with Crippen molar-refractivity contribution in [3.05, 3.63) is 71.8 Å². The molecular weight excluding hydrogens is 600 g/mol. The van der Waals surface area contributed by atoms with Gasteiger partial charge in [-0.3, -0.25) is 0 Å². The van der Waals surface area contributed by atoms with Gasteiger partial charge >= 0.3 is 0 Å². The van der Waals surface area contributed by atoms with Gasteiger partial charge < -0.3 is 59.8 Å². The van der Waals surface area contributed by atoms with E-state index in [0.29, 0.717) is 24.3 Å². The van der Waals surface area contributed by atoms with Gasteiger partial charge in [0.1, 0.15) is 60.3 Å². The van der Waals surface area contributed by atoms with Gasteiger partial charge in [-0.2, -0.15) is 0 Å². The van der Waals surface area contributed by atoms with Crippen LogP contribution in [0.5, 0.6) is 11.5 Å². The summed E-state index contributed by atoms with van der Waals surface area (Å²) in [6.07, 6.45) is -9.74. The fourth-order valence-electron chi connectivity index (χ4n) is 7.08. The second kappa shape index (κ2) is 11.8. The van der Waals surface area contributed by atoms with E-state index < -0.39 is 73.6 Å². The van der Waals surface area contributed by atoms with Crippen molar-refractivity contribution in [3.8, 4) is 33.8 Å². The lowest BCUT2D eigenvalue weighted by atomic mass is 9.86. The van der Waals surface area contributed by atoms with Gasteiger partial charge in [0.15, 0.2) is 0 Å². The Morgan fingerprint density at radius 3 is 1.37 bits per heavy atom. The quantitative estimate of drug-likeness (QED) is 0.191. The van der Waals surface area contributed by atoms with Crippen LogP contribution in [-0.2, 0) is 22.3 Å². The van der Waals surface area contributed by atoms with Crippen LogP contribution in [0.1, 0.15) is 24.0 Å². The van der Waals surface area contributed by atoms with E-state index in [0.717, 1.165) is 33.4 Å². The SMILES string of the molecule is OCC1OC2(CCc3cc(-c4cccc(-c5ccc6c(c5)CCC5(O6)OC(CO)C(O)C(O)C5O)c4)ccc3O2)C(O)C(O)C1O. The lowest BCUT2D eigenvalue weighted by Gasteiger charge is -2.49. The van der Waals surface area contributed by atoms with E-state index in [-0.39, 0.29) is 12.8 Å². The average molecular weight is 639 g/mol. The fraction of sp³-hybridized carbons (Fsp3) is 0.471. The van der Waals surface area contributed by atoms with Gasteiger partial charge in [-0.25, -0.2) is 0 Å². The lowest BCUT2D eigenvalue weighted by Crippen LogP contribution is -2.68. The molecule has 2 spiro atoms. The Bertz CT molecular complexity index is 1480. The Kier molecular flexibility index (Phi) is 8.09. The van der Waals surface area contributed by atoms with Gasteiger partial charge in [-0.05, 0) is 76.6 Å². The van der Waals surface area contributed by atoms with Gasteiger partial charge in [0.2, 0.25) is 11.6 Å². The van der Waals surface area contributed by atoms with Gasteiger partial charge in [0.25, 0.3) is 0 Å². The van der Waals surface area contributed by atoms with E-state index in [2.05, 4.69) is 6.07 Å². The fourth-order valence-corrected chi connectivity index (χ4v) is 7.08. The summed E-state index contributed by atoms with van der Waals surface area (Å²) in [5.41, 5.74) is 5.59. The highest BCUT2D eigenvalue weighted by Crippen LogP contribution is 2.44. The molecule has 46 heavy (non-hydrogen) atoms. The first-order valence-corrected chi connectivity index (χ1v) is 15.5. The van der Waals surface area contributed by atoms with Gasteiger partial charge in [0.05, 0.1) is 13.2 Å². The molecule has 0 saturated carbocycles. The summed E-state index contributed by atoms with van der Waals surface area (Å²) in [6.45, 7) is -1.07. The molecule has 0 radical (unpaired) electrons. The Morgan fingerprint density at radius 1 is 0.543 bits per heavy atom. The summed E-state index contributed by atoms with van der Waals surface area (Å²) in [5, 5.41) is 81.7. The number of rotatable bonds is 4. The van der Waals surface area contributed by atoms with Crippen LogP contribution in [0, 0.1) is 0 Å². The lowest BCUT2D eigenvalue weighted by molar-refractivity contribution is -0.342. The number of aliphatic hydroxyl groups is 8. The Balaban J connectivity index is 1.11. The molecule has 12 heteroatoms. The third kappa shape index (κ3) is 5.10. The van der Waals surface area contributed by atoms with Crippen LogP contribution >= 0.6 is 0 Å². The number of aryl methyl sites for hydroxylation is 2. The van der Waals surface area contributed by atoms with Gasteiger partial charge in [0, 0.05) is 12.8 Å². The first-order chi connectivity index (χ1) is 22.1. The van der Waals surface area contributed by atoms with Gasteiger partial charge in [-0.15, -0.1) is 0 Å². The maximum atomic E-state index is 10.7. The molecule has 0 amide bonds. The number of benzene rings is 3. The molecule has 4 heterocycles. The molecule has 246 valence electrons. The molecule has 12 nitrogen and oxygen atoms in total. The van der Waals surface area contributed by atoms with Crippen molar-refractivity contribution in [1.29, 1.82) is 0 Å². The van der Waals surface area contributed by atoms with E-state index >= 15 is 0 Å². The zero-order chi connectivity index (χ0) is 32.4. The Morgan fingerprint density at radius 2 is 0.957 bits per heavy atom. The summed E-state index contributed by atoms with van der Waals surface area (Å²) >= 11 is 0. The number of aliphatic hydroxyl groups excluding tert-OH is 8. The van der Waals surface area contributed by atoms with Crippen LogP contribution in [0.15, 0.2) is 60.7 Å². The van der Waals surface area contributed by atoms with E-state index in [1.165, 1.54) is 0 Å². The second-order valence-electron chi connectivity index (χ2n) is 12.6. The van der Waals surface area contributed by atoms with Crippen LogP contribution in [0.3, 0.4) is 0 Å². The third-order valence-electron chi connectivity index (χ3n) is 9.77. The maximum Gasteiger partial charge on any atom is 0.240 e. The van der Waals surface area contributed by atoms with E-state index in [4.69, 9.17) is 18.9 Å². The maximum absolute atomic E-state index is 10.7. The van der Waals surface area contributed by atoms with E-state index in [1.807, 2.05) is 42.5 Å². The highest BCUT2D eigenvalue weighted by molar-refractivity contribution is 5.75. The van der Waals surface area contributed by atoms with Crippen molar-refractivity contribution in [2.24, 2.45) is 0 Å². The zero-order valence-electron chi connectivity index (χ0n) is 24.8. The number of hydrogen-bond acceptors (Lipinski definition) is 12. The van der Waals surface area contributed by atoms with Crippen LogP contribution in [0.2, 0.25) is 0 Å². The summed E-state index contributed by atoms with van der Waals surface area (Å²) in [7, 11) is 0. The highest BCUT2D eigenvalue weighted by atomic mass is 16.7. The number of hydrogen-bond donors (Lipinski definition) is 8. The molecule has 3 aromatic rings. The molecule has 4 aliphatic heterocycles. The smallest absolute Gasteiger partial charge is 0.240 e. The normalized spacial score (nSPS) is 36.9. The zero-order valence-corrected chi connectivity index (χ0v) is 24.8. The molecule has 10 unspecified atom stereocenters. The van der Waals surface area contributed by atoms with Crippen molar-refractivity contribution in [3.63, 3.8) is 0 Å². The molecule has 7 rings (SSSR count). The predicted molar refractivity (Wildman–Crippen MR) is 161 cm³/mol. The predicted octanol–water partition coefficient (Wildman–Crippen LogP) is 0.0108. The minimum absolute atomic E-state index is 0.214. The molecule has 3 aromatic carbocycles. The van der Waals surface area contributed by atoms with Crippen LogP contribution in [0.25, 0.3) is 22.3 Å². The number of fused-ring (bicyclic) bond motifs is 2. The first-order valence-electron chi connectivity index (χ1n) is 15.5. The first kappa shape index (κ1) is 31.5. The largest absolute Gasteiger partial charge is 0.459 e. The van der Waals surface area contributed by atoms with Crippen LogP contribution in [0.4, 0.5) is 0 Å². The molecule has 10 atom stereocenters. The summed E-state index contributed by atoms with van der Waals surface area (Å²) < 4.78 is 23.8. The minimum Gasteiger partial charge on any atom is -0.459 e. The molecule has 0 bridgehead atoms. The van der Waals surface area contributed by atoms with Gasteiger partial charge in [-0.1, -0.05) is 30.3 Å². The second-order valence-corrected chi connectivity index (χ2v) is 12.6. The molecule has 0 aliphatic carbocycles. The number of ether oxygens (including phenoxy) is 4. The Labute approximate surface area is 264 Å². The van der Waals surface area contributed by atoms with E-state index in [9.17, 15) is 40.9 Å². The summed E-state index contributed by atoms with van der Waals surface area (Å²) in [4.78, 5) is 0. The summed E-state index contributed by atoms with van der Waals surface area (Å²) in [6, 6.07) is 19.4. The highest BCUT2D eigenvalue weighted by Gasteiger charge is 2.57. The molecule has 8 N–H and O–H groups in total. The van der Waals surface area contributed by atoms with Crippen molar-refractivity contribution in [2.45, 2.75) is 86.1 Å². The average Bonchev–Trinajstić information content (AvgIpc) is 3.09. The van der Waals surface area contributed by atoms with Crippen LogP contribution in [-0.4, -0.2) is 114 Å². The standard InChI is InChI=1S/C34H38O12/c35-15-25-27(37)29(39)31(41)33(45-25)10-8-21-13-19(4-6-23(21)43-33)17-2-1-3-18(12-17)20-5-7-24-22(14-20)9-11-34(44-24)32(42)30(40)28(38)26(16-36)46-34/h1-7,12-14,25-32,35-42H,8-11,15-16H2. The summed E-state index contributed by atoms with van der Waals surface area (Å²) in [5.74, 6) is -2.20. The van der Waals surface area contributed by atoms with E-state index in [1.54, 1.807) is 12.1 Å². The molecule has 2 saturated heterocycles. The van der Waals surface area contributed by atoms with Crippen molar-refractivity contribution in [2.75, 3.05) is 13.2 Å².